The predicted molar refractivity (Wildman–Crippen MR) is 82.5 cm³/mol. The quantitative estimate of drug-likeness (QED) is 0.827. The summed E-state index contributed by atoms with van der Waals surface area (Å²) in [5.41, 5.74) is 5.40. The first-order chi connectivity index (χ1) is 9.13. The maximum Gasteiger partial charge on any atom is 0.262 e. The molecule has 102 valence electrons. The topological polar surface area (TPSA) is 55.1 Å². The lowest BCUT2D eigenvalue weighted by molar-refractivity contribution is 0.0957. The van der Waals surface area contributed by atoms with Gasteiger partial charge in [0.2, 0.25) is 0 Å². The molecular weight excluding hydrogens is 303 g/mol. The van der Waals surface area contributed by atoms with E-state index >= 15 is 0 Å². The molecule has 1 heterocycles. The highest BCUT2D eigenvalue weighted by Crippen LogP contribution is 2.36. The van der Waals surface area contributed by atoms with Gasteiger partial charge in [-0.2, -0.15) is 0 Å². The van der Waals surface area contributed by atoms with Gasteiger partial charge in [-0.15, -0.1) is 11.3 Å². The second kappa shape index (κ2) is 6.57. The summed E-state index contributed by atoms with van der Waals surface area (Å²) in [6, 6.07) is 5.42. The van der Waals surface area contributed by atoms with Gasteiger partial charge in [-0.25, -0.2) is 0 Å². The first-order valence-electron chi connectivity index (χ1n) is 5.99. The second-order valence-electron chi connectivity index (χ2n) is 4.14. The molecule has 1 aromatic heterocycles. The van der Waals surface area contributed by atoms with Crippen molar-refractivity contribution in [3.8, 4) is 0 Å². The van der Waals surface area contributed by atoms with E-state index in [0.717, 1.165) is 22.9 Å². The fraction of sp³-hybridized carbons (Fsp3) is 0.308. The molecule has 6 heteroatoms. The van der Waals surface area contributed by atoms with Gasteiger partial charge in [-0.05, 0) is 31.5 Å². The highest BCUT2D eigenvalue weighted by molar-refractivity contribution is 7.21. The van der Waals surface area contributed by atoms with Crippen molar-refractivity contribution >= 4 is 50.5 Å². The third-order valence-corrected chi connectivity index (χ3v) is 4.61. The van der Waals surface area contributed by atoms with Crippen molar-refractivity contribution < 1.29 is 4.79 Å². The van der Waals surface area contributed by atoms with Crippen LogP contribution in [0.1, 0.15) is 22.5 Å². The van der Waals surface area contributed by atoms with Crippen molar-refractivity contribution in [2.45, 2.75) is 12.8 Å². The van der Waals surface area contributed by atoms with E-state index in [1.807, 2.05) is 12.1 Å². The lowest BCUT2D eigenvalue weighted by Gasteiger charge is -2.02. The zero-order valence-corrected chi connectivity index (χ0v) is 12.5. The summed E-state index contributed by atoms with van der Waals surface area (Å²) in [5, 5.41) is 4.85. The van der Waals surface area contributed by atoms with Crippen molar-refractivity contribution in [2.75, 3.05) is 13.1 Å². The van der Waals surface area contributed by atoms with E-state index in [-0.39, 0.29) is 5.91 Å². The molecule has 0 fully saturated rings. The second-order valence-corrected chi connectivity index (χ2v) is 6.00. The molecule has 3 nitrogen and oxygen atoms in total. The molecule has 19 heavy (non-hydrogen) atoms. The highest BCUT2D eigenvalue weighted by atomic mass is 35.5. The maximum atomic E-state index is 12.0. The number of halogens is 2. The van der Waals surface area contributed by atoms with Gasteiger partial charge in [-0.1, -0.05) is 29.3 Å². The molecule has 1 amide bonds. The van der Waals surface area contributed by atoms with Crippen molar-refractivity contribution in [1.82, 2.24) is 5.32 Å². The van der Waals surface area contributed by atoms with E-state index in [2.05, 4.69) is 5.32 Å². The van der Waals surface area contributed by atoms with Crippen LogP contribution >= 0.6 is 34.5 Å². The molecule has 0 aliphatic rings. The van der Waals surface area contributed by atoms with E-state index in [0.29, 0.717) is 28.0 Å². The Hall–Kier alpha value is -0.810. The normalized spacial score (nSPS) is 10.9. The molecule has 3 N–H and O–H groups in total. The summed E-state index contributed by atoms with van der Waals surface area (Å²) in [6.07, 6.45) is 1.77. The van der Waals surface area contributed by atoms with Crippen LogP contribution in [0.3, 0.4) is 0 Å². The van der Waals surface area contributed by atoms with E-state index < -0.39 is 0 Å². The van der Waals surface area contributed by atoms with E-state index in [1.54, 1.807) is 6.07 Å². The Morgan fingerprint density at radius 2 is 2.11 bits per heavy atom. The lowest BCUT2D eigenvalue weighted by atomic mass is 10.2. The first kappa shape index (κ1) is 14.6. The maximum absolute atomic E-state index is 12.0. The van der Waals surface area contributed by atoms with Gasteiger partial charge in [-0.3, -0.25) is 4.79 Å². The van der Waals surface area contributed by atoms with Crippen molar-refractivity contribution in [1.29, 1.82) is 0 Å². The molecule has 0 atom stereocenters. The fourth-order valence-corrected chi connectivity index (χ4v) is 3.45. The molecule has 2 rings (SSSR count). The first-order valence-corrected chi connectivity index (χ1v) is 7.56. The van der Waals surface area contributed by atoms with Crippen molar-refractivity contribution in [3.05, 3.63) is 33.1 Å². The van der Waals surface area contributed by atoms with E-state index in [4.69, 9.17) is 28.9 Å². The van der Waals surface area contributed by atoms with Gasteiger partial charge >= 0.3 is 0 Å². The average molecular weight is 317 g/mol. The van der Waals surface area contributed by atoms with Crippen LogP contribution in [0.5, 0.6) is 0 Å². The zero-order valence-electron chi connectivity index (χ0n) is 10.2. The Kier molecular flexibility index (Phi) is 5.05. The molecule has 0 unspecified atom stereocenters. The van der Waals surface area contributed by atoms with Crippen LogP contribution in [0.25, 0.3) is 10.1 Å². The summed E-state index contributed by atoms with van der Waals surface area (Å²) in [5.74, 6) is -0.139. The summed E-state index contributed by atoms with van der Waals surface area (Å²) < 4.78 is 0.921. The predicted octanol–water partition coefficient (Wildman–Crippen LogP) is 3.68. The van der Waals surface area contributed by atoms with Crippen LogP contribution in [0, 0.1) is 0 Å². The standard InChI is InChI=1S/C13H14Cl2N2OS/c14-8-3-4-9-10(7-8)19-12(11(9)15)13(18)17-6-2-1-5-16/h3-4,7H,1-2,5-6,16H2,(H,17,18). The molecule has 0 radical (unpaired) electrons. The van der Waals surface area contributed by atoms with Gasteiger partial charge in [0.15, 0.2) is 0 Å². The Balaban J connectivity index is 2.15. The highest BCUT2D eigenvalue weighted by Gasteiger charge is 2.16. The monoisotopic (exact) mass is 316 g/mol. The summed E-state index contributed by atoms with van der Waals surface area (Å²) >= 11 is 13.5. The minimum atomic E-state index is -0.139. The van der Waals surface area contributed by atoms with Crippen LogP contribution in [-0.4, -0.2) is 19.0 Å². The molecule has 0 aliphatic heterocycles. The van der Waals surface area contributed by atoms with Gasteiger partial charge in [0.25, 0.3) is 5.91 Å². The molecule has 2 aromatic rings. The smallest absolute Gasteiger partial charge is 0.262 e. The minimum absolute atomic E-state index is 0.139. The zero-order chi connectivity index (χ0) is 13.8. The van der Waals surface area contributed by atoms with Gasteiger partial charge in [0.1, 0.15) is 4.88 Å². The van der Waals surface area contributed by atoms with Crippen LogP contribution in [0.15, 0.2) is 18.2 Å². The number of amides is 1. The number of benzene rings is 1. The molecule has 0 saturated heterocycles. The number of carbonyl (C=O) groups excluding carboxylic acids is 1. The number of hydrogen-bond acceptors (Lipinski definition) is 3. The van der Waals surface area contributed by atoms with Gasteiger partial charge in [0.05, 0.1) is 5.02 Å². The summed E-state index contributed by atoms with van der Waals surface area (Å²) in [7, 11) is 0. The van der Waals surface area contributed by atoms with Crippen molar-refractivity contribution in [2.24, 2.45) is 5.73 Å². The number of fused-ring (bicyclic) bond motifs is 1. The average Bonchev–Trinajstić information content (AvgIpc) is 2.71. The molecule has 0 saturated carbocycles. The molecule has 0 spiro atoms. The fourth-order valence-electron chi connectivity index (χ4n) is 1.74. The Morgan fingerprint density at radius 1 is 1.32 bits per heavy atom. The van der Waals surface area contributed by atoms with Crippen molar-refractivity contribution in [3.63, 3.8) is 0 Å². The van der Waals surface area contributed by atoms with Gasteiger partial charge < -0.3 is 11.1 Å². The number of nitrogens with one attached hydrogen (secondary N) is 1. The number of carbonyl (C=O) groups is 1. The number of unbranched alkanes of at least 4 members (excludes halogenated alkanes) is 1. The van der Waals surface area contributed by atoms with E-state index in [1.165, 1.54) is 11.3 Å². The van der Waals surface area contributed by atoms with Crippen LogP contribution in [-0.2, 0) is 0 Å². The summed E-state index contributed by atoms with van der Waals surface area (Å²) in [6.45, 7) is 1.25. The summed E-state index contributed by atoms with van der Waals surface area (Å²) in [4.78, 5) is 12.6. The molecular formula is C13H14Cl2N2OS. The van der Waals surface area contributed by atoms with Gasteiger partial charge in [0, 0.05) is 21.7 Å². The Bertz CT molecular complexity index is 598. The minimum Gasteiger partial charge on any atom is -0.351 e. The number of thiophene rings is 1. The Labute approximate surface area is 125 Å². The van der Waals surface area contributed by atoms with Crippen LogP contribution < -0.4 is 11.1 Å². The number of nitrogens with two attached hydrogens (primary N) is 1. The van der Waals surface area contributed by atoms with Crippen LogP contribution in [0.4, 0.5) is 0 Å². The third kappa shape index (κ3) is 3.39. The number of hydrogen-bond donors (Lipinski definition) is 2. The lowest BCUT2D eigenvalue weighted by Crippen LogP contribution is -2.24. The third-order valence-electron chi connectivity index (χ3n) is 2.71. The van der Waals surface area contributed by atoms with E-state index in [9.17, 15) is 4.79 Å². The largest absolute Gasteiger partial charge is 0.351 e. The molecule has 0 bridgehead atoms. The Morgan fingerprint density at radius 3 is 2.84 bits per heavy atom. The SMILES string of the molecule is NCCCCNC(=O)c1sc2cc(Cl)ccc2c1Cl. The number of rotatable bonds is 5. The molecule has 1 aromatic carbocycles. The van der Waals surface area contributed by atoms with Crippen LogP contribution in [0.2, 0.25) is 10.0 Å². The molecule has 0 aliphatic carbocycles.